The Hall–Kier alpha value is -2.50. The Balaban J connectivity index is 1.98. The summed E-state index contributed by atoms with van der Waals surface area (Å²) in [6.45, 7) is 6.09. The Morgan fingerprint density at radius 1 is 1.08 bits per heavy atom. The zero-order valence-electron chi connectivity index (χ0n) is 14.4. The number of hydrogen-bond acceptors (Lipinski definition) is 2. The third-order valence-corrected chi connectivity index (χ3v) is 3.89. The fourth-order valence-corrected chi connectivity index (χ4v) is 2.52. The highest BCUT2D eigenvalue weighted by Crippen LogP contribution is 2.27. The van der Waals surface area contributed by atoms with Gasteiger partial charge in [0.15, 0.2) is 17.5 Å². The smallest absolute Gasteiger partial charge is 0.226 e. The molecule has 25 heavy (non-hydrogen) atoms. The quantitative estimate of drug-likeness (QED) is 0.722. The first kappa shape index (κ1) is 18.8. The zero-order valence-corrected chi connectivity index (χ0v) is 14.4. The van der Waals surface area contributed by atoms with Crippen LogP contribution in [0.5, 0.6) is 0 Å². The molecule has 1 amide bonds. The Kier molecular flexibility index (Phi) is 6.07. The Morgan fingerprint density at radius 2 is 1.80 bits per heavy atom. The number of amides is 1. The second-order valence-corrected chi connectivity index (χ2v) is 6.14. The molecule has 0 aliphatic carbocycles. The van der Waals surface area contributed by atoms with E-state index < -0.39 is 17.5 Å². The maximum Gasteiger partial charge on any atom is 0.226 e. The second-order valence-electron chi connectivity index (χ2n) is 6.14. The number of aryl methyl sites for hydroxylation is 1. The maximum absolute atomic E-state index is 13.6. The summed E-state index contributed by atoms with van der Waals surface area (Å²) < 4.78 is 39.6. The number of rotatable bonds is 6. The van der Waals surface area contributed by atoms with Gasteiger partial charge in [0.2, 0.25) is 5.91 Å². The largest absolute Gasteiger partial charge is 0.382 e. The molecule has 0 spiro atoms. The summed E-state index contributed by atoms with van der Waals surface area (Å²) in [5, 5.41) is 5.48. The van der Waals surface area contributed by atoms with E-state index in [4.69, 9.17) is 0 Å². The lowest BCUT2D eigenvalue weighted by molar-refractivity contribution is -0.116. The third-order valence-electron chi connectivity index (χ3n) is 3.89. The van der Waals surface area contributed by atoms with Gasteiger partial charge < -0.3 is 10.6 Å². The highest BCUT2D eigenvalue weighted by atomic mass is 19.2. The summed E-state index contributed by atoms with van der Waals surface area (Å²) in [6.07, 6.45) is 0.0598. The van der Waals surface area contributed by atoms with Crippen molar-refractivity contribution in [3.63, 3.8) is 0 Å². The fraction of sp³-hybridized carbons (Fsp3) is 0.316. The summed E-state index contributed by atoms with van der Waals surface area (Å²) in [4.78, 5) is 12.2. The van der Waals surface area contributed by atoms with E-state index >= 15 is 0 Å². The van der Waals surface area contributed by atoms with Gasteiger partial charge in [-0.2, -0.15) is 0 Å². The number of carbonyl (C=O) groups excluding carboxylic acids is 1. The Bertz CT molecular complexity index is 776. The van der Waals surface area contributed by atoms with Crippen LogP contribution in [-0.4, -0.2) is 12.5 Å². The second kappa shape index (κ2) is 8.05. The van der Waals surface area contributed by atoms with Crippen LogP contribution in [0, 0.1) is 24.4 Å². The molecule has 2 aromatic carbocycles. The first-order valence-corrected chi connectivity index (χ1v) is 8.08. The molecule has 0 saturated carbocycles. The van der Waals surface area contributed by atoms with Crippen LogP contribution in [0.1, 0.15) is 37.3 Å². The van der Waals surface area contributed by atoms with Crippen molar-refractivity contribution in [2.45, 2.75) is 33.1 Å². The standard InChI is InChI=1S/C19H21F3N2O/c1-11(2)13-6-4-5-12(3)19(13)24-16(25)9-10-23-15-8-7-14(20)17(21)18(15)22/h4-8,11,23H,9-10H2,1-3H3,(H,24,25). The van der Waals surface area contributed by atoms with Crippen LogP contribution in [-0.2, 0) is 4.79 Å². The predicted octanol–water partition coefficient (Wildman–Crippen LogP) is 4.98. The van der Waals surface area contributed by atoms with Crippen molar-refractivity contribution in [2.75, 3.05) is 17.2 Å². The van der Waals surface area contributed by atoms with Crippen LogP contribution in [0.4, 0.5) is 24.5 Å². The van der Waals surface area contributed by atoms with Gasteiger partial charge in [0.1, 0.15) is 0 Å². The molecule has 0 aromatic heterocycles. The lowest BCUT2D eigenvalue weighted by Crippen LogP contribution is -2.18. The van der Waals surface area contributed by atoms with Gasteiger partial charge in [-0.3, -0.25) is 4.79 Å². The van der Waals surface area contributed by atoms with E-state index in [9.17, 15) is 18.0 Å². The van der Waals surface area contributed by atoms with Crippen LogP contribution < -0.4 is 10.6 Å². The number of benzene rings is 2. The zero-order chi connectivity index (χ0) is 18.6. The van der Waals surface area contributed by atoms with Crippen LogP contribution in [0.2, 0.25) is 0 Å². The highest BCUT2D eigenvalue weighted by Gasteiger charge is 2.14. The SMILES string of the molecule is Cc1cccc(C(C)C)c1NC(=O)CCNc1ccc(F)c(F)c1F. The monoisotopic (exact) mass is 350 g/mol. The van der Waals surface area contributed by atoms with Gasteiger partial charge in [0.25, 0.3) is 0 Å². The van der Waals surface area contributed by atoms with E-state index in [-0.39, 0.29) is 30.5 Å². The van der Waals surface area contributed by atoms with E-state index in [0.29, 0.717) is 0 Å². The number of anilines is 2. The Labute approximate surface area is 145 Å². The molecule has 2 aromatic rings. The number of para-hydroxylation sites is 1. The highest BCUT2D eigenvalue weighted by molar-refractivity contribution is 5.92. The molecule has 134 valence electrons. The van der Waals surface area contributed by atoms with E-state index in [1.54, 1.807) is 0 Å². The van der Waals surface area contributed by atoms with Gasteiger partial charge in [0, 0.05) is 18.7 Å². The molecule has 0 radical (unpaired) electrons. The minimum absolute atomic E-state index is 0.0598. The van der Waals surface area contributed by atoms with Gasteiger partial charge in [0.05, 0.1) is 5.69 Å². The van der Waals surface area contributed by atoms with Gasteiger partial charge in [-0.25, -0.2) is 13.2 Å². The molecule has 6 heteroatoms. The molecule has 0 aliphatic heterocycles. The van der Waals surface area contributed by atoms with Crippen molar-refractivity contribution < 1.29 is 18.0 Å². The lowest BCUT2D eigenvalue weighted by atomic mass is 9.98. The van der Waals surface area contributed by atoms with Crippen LogP contribution in [0.3, 0.4) is 0 Å². The number of carbonyl (C=O) groups is 1. The van der Waals surface area contributed by atoms with Crippen molar-refractivity contribution in [3.05, 3.63) is 58.9 Å². The van der Waals surface area contributed by atoms with Crippen molar-refractivity contribution in [3.8, 4) is 0 Å². The molecule has 0 aliphatic rings. The molecular weight excluding hydrogens is 329 g/mol. The van der Waals surface area contributed by atoms with Gasteiger partial charge in [-0.1, -0.05) is 32.0 Å². The average molecular weight is 350 g/mol. The van der Waals surface area contributed by atoms with E-state index in [2.05, 4.69) is 10.6 Å². The normalized spacial score (nSPS) is 10.8. The molecule has 0 unspecified atom stereocenters. The molecule has 3 nitrogen and oxygen atoms in total. The molecule has 0 fully saturated rings. The molecule has 0 heterocycles. The number of hydrogen-bond donors (Lipinski definition) is 2. The average Bonchev–Trinajstić information content (AvgIpc) is 2.56. The minimum Gasteiger partial charge on any atom is -0.382 e. The van der Waals surface area contributed by atoms with E-state index in [1.165, 1.54) is 0 Å². The van der Waals surface area contributed by atoms with E-state index in [1.807, 2.05) is 39.0 Å². The van der Waals surface area contributed by atoms with E-state index in [0.717, 1.165) is 28.9 Å². The molecule has 0 bridgehead atoms. The van der Waals surface area contributed by atoms with Crippen molar-refractivity contribution in [1.29, 1.82) is 0 Å². The van der Waals surface area contributed by atoms with Crippen LogP contribution in [0.25, 0.3) is 0 Å². The van der Waals surface area contributed by atoms with Gasteiger partial charge >= 0.3 is 0 Å². The van der Waals surface area contributed by atoms with Crippen molar-refractivity contribution in [1.82, 2.24) is 0 Å². The van der Waals surface area contributed by atoms with Gasteiger partial charge in [-0.05, 0) is 36.1 Å². The first-order chi connectivity index (χ1) is 11.8. The van der Waals surface area contributed by atoms with Crippen molar-refractivity contribution >= 4 is 17.3 Å². The van der Waals surface area contributed by atoms with Crippen LogP contribution >= 0.6 is 0 Å². The molecule has 2 rings (SSSR count). The lowest BCUT2D eigenvalue weighted by Gasteiger charge is -2.16. The van der Waals surface area contributed by atoms with Crippen LogP contribution in [0.15, 0.2) is 30.3 Å². The summed E-state index contributed by atoms with van der Waals surface area (Å²) >= 11 is 0. The maximum atomic E-state index is 13.6. The summed E-state index contributed by atoms with van der Waals surface area (Å²) in [5.41, 5.74) is 2.60. The summed E-state index contributed by atoms with van der Waals surface area (Å²) in [5.74, 6) is -4.06. The number of nitrogens with one attached hydrogen (secondary N) is 2. The van der Waals surface area contributed by atoms with Gasteiger partial charge in [-0.15, -0.1) is 0 Å². The minimum atomic E-state index is -1.53. The molecular formula is C19H21F3N2O. The molecule has 0 saturated heterocycles. The summed E-state index contributed by atoms with van der Waals surface area (Å²) in [7, 11) is 0. The number of halogens is 3. The van der Waals surface area contributed by atoms with Crippen molar-refractivity contribution in [2.24, 2.45) is 0 Å². The molecule has 2 N–H and O–H groups in total. The fourth-order valence-electron chi connectivity index (χ4n) is 2.52. The summed E-state index contributed by atoms with van der Waals surface area (Å²) in [6, 6.07) is 7.75. The first-order valence-electron chi connectivity index (χ1n) is 8.08. The predicted molar refractivity (Wildman–Crippen MR) is 93.3 cm³/mol. The topological polar surface area (TPSA) is 41.1 Å². The third kappa shape index (κ3) is 4.53. The molecule has 0 atom stereocenters. The Morgan fingerprint density at radius 3 is 2.48 bits per heavy atom.